The molecular weight excluding hydrogens is 242 g/mol. The van der Waals surface area contributed by atoms with Gasteiger partial charge in [0.05, 0.1) is 0 Å². The maximum Gasteiger partial charge on any atom is 0.00952 e. The molecule has 1 nitrogen and oxygen atoms in total. The molecule has 2 atom stereocenters. The van der Waals surface area contributed by atoms with Gasteiger partial charge in [0.1, 0.15) is 0 Å². The Morgan fingerprint density at radius 3 is 2.20 bits per heavy atom. The second-order valence-corrected chi connectivity index (χ2v) is 8.28. The molecule has 0 aromatic heterocycles. The van der Waals surface area contributed by atoms with Crippen molar-refractivity contribution >= 4 is 0 Å². The smallest absolute Gasteiger partial charge is 0.00952 e. The molecule has 118 valence electrons. The summed E-state index contributed by atoms with van der Waals surface area (Å²) in [4.78, 5) is 0. The zero-order valence-electron chi connectivity index (χ0n) is 14.4. The molecular formula is C19H37N. The molecule has 0 heterocycles. The third-order valence-electron chi connectivity index (χ3n) is 6.55. The number of nitrogens with one attached hydrogen (secondary N) is 1. The first-order chi connectivity index (χ1) is 9.53. The zero-order chi connectivity index (χ0) is 14.6. The Labute approximate surface area is 127 Å². The molecule has 0 aromatic carbocycles. The van der Waals surface area contributed by atoms with E-state index < -0.39 is 0 Å². The number of hydrogen-bond donors (Lipinski definition) is 1. The van der Waals surface area contributed by atoms with Crippen LogP contribution in [-0.2, 0) is 0 Å². The van der Waals surface area contributed by atoms with Crippen LogP contribution in [0, 0.1) is 17.3 Å². The maximum absolute atomic E-state index is 4.04. The van der Waals surface area contributed by atoms with E-state index in [4.69, 9.17) is 0 Å². The first-order valence-corrected chi connectivity index (χ1v) is 9.29. The van der Waals surface area contributed by atoms with Gasteiger partial charge in [-0.1, -0.05) is 53.4 Å². The summed E-state index contributed by atoms with van der Waals surface area (Å²) in [6.07, 6.45) is 14.3. The van der Waals surface area contributed by atoms with Gasteiger partial charge in [-0.05, 0) is 55.8 Å². The molecule has 0 spiro atoms. The Bertz CT molecular complexity index is 275. The molecule has 2 rings (SSSR count). The van der Waals surface area contributed by atoms with Gasteiger partial charge in [0.15, 0.2) is 0 Å². The third-order valence-corrected chi connectivity index (χ3v) is 6.55. The molecule has 0 aromatic rings. The van der Waals surface area contributed by atoms with Crippen molar-refractivity contribution in [3.8, 4) is 0 Å². The zero-order valence-corrected chi connectivity index (χ0v) is 14.4. The van der Waals surface area contributed by atoms with Gasteiger partial charge in [0.2, 0.25) is 0 Å². The minimum absolute atomic E-state index is 0.556. The summed E-state index contributed by atoms with van der Waals surface area (Å²) >= 11 is 0. The van der Waals surface area contributed by atoms with Crippen molar-refractivity contribution in [2.75, 3.05) is 0 Å². The Kier molecular flexibility index (Phi) is 5.95. The Morgan fingerprint density at radius 1 is 0.900 bits per heavy atom. The van der Waals surface area contributed by atoms with E-state index in [0.29, 0.717) is 5.41 Å². The molecule has 2 unspecified atom stereocenters. The lowest BCUT2D eigenvalue weighted by Crippen LogP contribution is -2.44. The normalized spacial score (nSPS) is 36.6. The average Bonchev–Trinajstić information content (AvgIpc) is 2.65. The summed E-state index contributed by atoms with van der Waals surface area (Å²) in [6, 6.07) is 1.61. The van der Waals surface area contributed by atoms with Crippen LogP contribution < -0.4 is 5.32 Å². The van der Waals surface area contributed by atoms with Crippen LogP contribution >= 0.6 is 0 Å². The van der Waals surface area contributed by atoms with Crippen molar-refractivity contribution in [2.45, 2.75) is 104 Å². The van der Waals surface area contributed by atoms with E-state index in [2.05, 4.69) is 33.0 Å². The van der Waals surface area contributed by atoms with Crippen LogP contribution in [0.15, 0.2) is 0 Å². The predicted octanol–water partition coefficient (Wildman–Crippen LogP) is 5.54. The molecule has 0 radical (unpaired) electrons. The van der Waals surface area contributed by atoms with Crippen LogP contribution in [0.1, 0.15) is 91.9 Å². The van der Waals surface area contributed by atoms with Crippen LogP contribution in [0.2, 0.25) is 0 Å². The van der Waals surface area contributed by atoms with E-state index in [0.717, 1.165) is 23.9 Å². The van der Waals surface area contributed by atoms with Gasteiger partial charge in [-0.2, -0.15) is 0 Å². The molecule has 1 N–H and O–H groups in total. The monoisotopic (exact) mass is 279 g/mol. The van der Waals surface area contributed by atoms with Crippen molar-refractivity contribution in [3.63, 3.8) is 0 Å². The van der Waals surface area contributed by atoms with Crippen LogP contribution in [0.25, 0.3) is 0 Å². The Balaban J connectivity index is 1.79. The van der Waals surface area contributed by atoms with Crippen molar-refractivity contribution in [1.29, 1.82) is 0 Å². The maximum atomic E-state index is 4.04. The van der Waals surface area contributed by atoms with Crippen LogP contribution in [0.4, 0.5) is 0 Å². The topological polar surface area (TPSA) is 12.0 Å². The van der Waals surface area contributed by atoms with Gasteiger partial charge in [-0.3, -0.25) is 0 Å². The molecule has 20 heavy (non-hydrogen) atoms. The first kappa shape index (κ1) is 16.3. The van der Waals surface area contributed by atoms with E-state index in [1.807, 2.05) is 0 Å². The van der Waals surface area contributed by atoms with Crippen molar-refractivity contribution in [1.82, 2.24) is 5.32 Å². The molecule has 2 aliphatic carbocycles. The highest BCUT2D eigenvalue weighted by atomic mass is 15.0. The fourth-order valence-corrected chi connectivity index (χ4v) is 4.37. The summed E-state index contributed by atoms with van der Waals surface area (Å²) in [5, 5.41) is 4.04. The fourth-order valence-electron chi connectivity index (χ4n) is 4.37. The van der Waals surface area contributed by atoms with E-state index in [9.17, 15) is 0 Å². The van der Waals surface area contributed by atoms with Crippen LogP contribution in [0.5, 0.6) is 0 Å². The van der Waals surface area contributed by atoms with Crippen LogP contribution in [0.3, 0.4) is 0 Å². The lowest BCUT2D eigenvalue weighted by atomic mass is 9.69. The number of hydrogen-bond acceptors (Lipinski definition) is 1. The highest BCUT2D eigenvalue weighted by Gasteiger charge is 2.32. The van der Waals surface area contributed by atoms with E-state index in [-0.39, 0.29) is 0 Å². The molecule has 0 aliphatic heterocycles. The quantitative estimate of drug-likeness (QED) is 0.666. The summed E-state index contributed by atoms with van der Waals surface area (Å²) < 4.78 is 0. The van der Waals surface area contributed by atoms with Crippen molar-refractivity contribution < 1.29 is 0 Å². The predicted molar refractivity (Wildman–Crippen MR) is 89.0 cm³/mol. The highest BCUT2D eigenvalue weighted by molar-refractivity contribution is 4.87. The number of rotatable bonds is 4. The standard InChI is InChI=1S/C19H37N/c1-5-19(3,4)16-11-13-17(14-12-16)20-18-10-8-6-7-9-15(18)2/h15-18,20H,5-14H2,1-4H3. The second kappa shape index (κ2) is 7.29. The largest absolute Gasteiger partial charge is 0.311 e. The summed E-state index contributed by atoms with van der Waals surface area (Å²) in [6.45, 7) is 9.77. The van der Waals surface area contributed by atoms with Gasteiger partial charge in [-0.15, -0.1) is 0 Å². The third kappa shape index (κ3) is 4.23. The molecule has 0 bridgehead atoms. The van der Waals surface area contributed by atoms with Gasteiger partial charge in [-0.25, -0.2) is 0 Å². The second-order valence-electron chi connectivity index (χ2n) is 8.28. The minimum atomic E-state index is 0.556. The van der Waals surface area contributed by atoms with Gasteiger partial charge >= 0.3 is 0 Å². The lowest BCUT2D eigenvalue weighted by molar-refractivity contribution is 0.130. The molecule has 2 aliphatic rings. The molecule has 2 fully saturated rings. The van der Waals surface area contributed by atoms with Crippen molar-refractivity contribution in [3.05, 3.63) is 0 Å². The molecule has 1 heteroatoms. The molecule has 0 saturated heterocycles. The Morgan fingerprint density at radius 2 is 1.55 bits per heavy atom. The van der Waals surface area contributed by atoms with Crippen molar-refractivity contribution in [2.24, 2.45) is 17.3 Å². The van der Waals surface area contributed by atoms with E-state index >= 15 is 0 Å². The minimum Gasteiger partial charge on any atom is -0.311 e. The van der Waals surface area contributed by atoms with Gasteiger partial charge in [0, 0.05) is 12.1 Å². The Hall–Kier alpha value is -0.0400. The molecule has 2 saturated carbocycles. The lowest BCUT2D eigenvalue weighted by Gasteiger charge is -2.40. The average molecular weight is 280 g/mol. The van der Waals surface area contributed by atoms with Gasteiger partial charge < -0.3 is 5.32 Å². The summed E-state index contributed by atoms with van der Waals surface area (Å²) in [5.74, 6) is 1.85. The van der Waals surface area contributed by atoms with E-state index in [1.54, 1.807) is 0 Å². The summed E-state index contributed by atoms with van der Waals surface area (Å²) in [5.41, 5.74) is 0.556. The van der Waals surface area contributed by atoms with Gasteiger partial charge in [0.25, 0.3) is 0 Å². The SMILES string of the molecule is CCC(C)(C)C1CCC(NC2CCCCCC2C)CC1. The highest BCUT2D eigenvalue weighted by Crippen LogP contribution is 2.40. The fraction of sp³-hybridized carbons (Fsp3) is 1.00. The first-order valence-electron chi connectivity index (χ1n) is 9.29. The summed E-state index contributed by atoms with van der Waals surface area (Å²) in [7, 11) is 0. The van der Waals surface area contributed by atoms with Crippen LogP contribution in [-0.4, -0.2) is 12.1 Å². The van der Waals surface area contributed by atoms with E-state index in [1.165, 1.54) is 64.2 Å². The molecule has 0 amide bonds.